The summed E-state index contributed by atoms with van der Waals surface area (Å²) in [5, 5.41) is 8.46. The molecule has 0 bridgehead atoms. The van der Waals surface area contributed by atoms with Crippen LogP contribution in [0.2, 0.25) is 0 Å². The van der Waals surface area contributed by atoms with Gasteiger partial charge in [0.2, 0.25) is 5.78 Å². The van der Waals surface area contributed by atoms with Gasteiger partial charge in [-0.15, -0.1) is 0 Å². The second-order valence-electron chi connectivity index (χ2n) is 4.53. The van der Waals surface area contributed by atoms with Crippen LogP contribution < -0.4 is 4.74 Å². The smallest absolute Gasteiger partial charge is 0.372 e. The van der Waals surface area contributed by atoms with Gasteiger partial charge in [-0.05, 0) is 31.4 Å². The van der Waals surface area contributed by atoms with E-state index in [0.717, 1.165) is 19.3 Å². The van der Waals surface area contributed by atoms with E-state index in [1.165, 1.54) is 0 Å². The second-order valence-corrected chi connectivity index (χ2v) is 4.53. The number of rotatable bonds is 6. The minimum Gasteiger partial charge on any atom is -0.490 e. The van der Waals surface area contributed by atoms with E-state index >= 15 is 0 Å². The van der Waals surface area contributed by atoms with Gasteiger partial charge in [0.25, 0.3) is 0 Å². The van der Waals surface area contributed by atoms with Crippen molar-refractivity contribution in [2.75, 3.05) is 0 Å². The van der Waals surface area contributed by atoms with E-state index in [9.17, 15) is 14.4 Å². The van der Waals surface area contributed by atoms with Crippen LogP contribution in [0.3, 0.4) is 0 Å². The zero-order valence-electron chi connectivity index (χ0n) is 10.3. The van der Waals surface area contributed by atoms with Crippen molar-refractivity contribution in [2.45, 2.75) is 31.8 Å². The Balaban J connectivity index is 2.02. The molecule has 5 nitrogen and oxygen atoms in total. The first-order valence-corrected chi connectivity index (χ1v) is 6.12. The molecule has 0 spiro atoms. The highest BCUT2D eigenvalue weighted by Crippen LogP contribution is 2.25. The van der Waals surface area contributed by atoms with E-state index in [4.69, 9.17) is 9.84 Å². The number of carbonyl (C=O) groups excluding carboxylic acids is 2. The van der Waals surface area contributed by atoms with Crippen LogP contribution in [0.1, 0.15) is 36.0 Å². The Morgan fingerprint density at radius 2 is 2.00 bits per heavy atom. The van der Waals surface area contributed by atoms with Crippen molar-refractivity contribution in [3.63, 3.8) is 0 Å². The molecule has 1 N–H and O–H groups in total. The summed E-state index contributed by atoms with van der Waals surface area (Å²) in [5.41, 5.74) is 0.298. The summed E-state index contributed by atoms with van der Waals surface area (Å²) in [5.74, 6) is -2.62. The molecule has 0 radical (unpaired) electrons. The summed E-state index contributed by atoms with van der Waals surface area (Å²) in [6.45, 7) is 0. The molecule has 0 heterocycles. The maximum Gasteiger partial charge on any atom is 0.372 e. The van der Waals surface area contributed by atoms with Crippen LogP contribution in [-0.2, 0) is 9.59 Å². The molecule has 0 amide bonds. The summed E-state index contributed by atoms with van der Waals surface area (Å²) < 4.78 is 5.64. The monoisotopic (exact) mass is 262 g/mol. The Labute approximate surface area is 110 Å². The van der Waals surface area contributed by atoms with Crippen LogP contribution in [-0.4, -0.2) is 28.7 Å². The van der Waals surface area contributed by atoms with Gasteiger partial charge in [-0.1, -0.05) is 12.1 Å². The molecule has 1 fully saturated rings. The van der Waals surface area contributed by atoms with Crippen molar-refractivity contribution >= 4 is 17.5 Å². The number of Topliss-reactive ketones (excluding diaryl/α,β-unsaturated/α-hetero) is 2. The molecule has 0 aromatic heterocycles. The predicted octanol–water partition coefficient (Wildman–Crippen LogP) is 1.84. The Kier molecular flexibility index (Phi) is 3.94. The van der Waals surface area contributed by atoms with E-state index in [-0.39, 0.29) is 6.10 Å². The summed E-state index contributed by atoms with van der Waals surface area (Å²) >= 11 is 0. The lowest BCUT2D eigenvalue weighted by molar-refractivity contribution is -0.148. The first-order valence-electron chi connectivity index (χ1n) is 6.12. The van der Waals surface area contributed by atoms with Gasteiger partial charge in [0.1, 0.15) is 5.75 Å². The highest BCUT2D eigenvalue weighted by atomic mass is 16.5. The first-order chi connectivity index (χ1) is 9.06. The van der Waals surface area contributed by atoms with Crippen LogP contribution in [0, 0.1) is 0 Å². The molecule has 0 saturated heterocycles. The lowest BCUT2D eigenvalue weighted by Gasteiger charge is -2.26. The Morgan fingerprint density at radius 3 is 2.58 bits per heavy atom. The molecule has 100 valence electrons. The Bertz CT molecular complexity index is 516. The zero-order valence-corrected chi connectivity index (χ0v) is 10.3. The number of carboxylic acid groups (broad SMARTS) is 1. The van der Waals surface area contributed by atoms with E-state index in [0.29, 0.717) is 11.3 Å². The summed E-state index contributed by atoms with van der Waals surface area (Å²) in [7, 11) is 0. The van der Waals surface area contributed by atoms with Gasteiger partial charge in [-0.2, -0.15) is 0 Å². The molecular formula is C14H14O5. The van der Waals surface area contributed by atoms with Crippen molar-refractivity contribution in [3.05, 3.63) is 29.8 Å². The Hall–Kier alpha value is -2.17. The number of carbonyl (C=O) groups is 3. The average molecular weight is 262 g/mol. The molecule has 2 rings (SSSR count). The molecule has 0 atom stereocenters. The number of hydrogen-bond acceptors (Lipinski definition) is 4. The highest BCUT2D eigenvalue weighted by molar-refractivity contribution is 6.37. The van der Waals surface area contributed by atoms with E-state index in [2.05, 4.69) is 0 Å². The molecule has 1 aromatic carbocycles. The van der Waals surface area contributed by atoms with E-state index < -0.39 is 24.0 Å². The molecular weight excluding hydrogens is 248 g/mol. The van der Waals surface area contributed by atoms with Crippen molar-refractivity contribution in [2.24, 2.45) is 0 Å². The number of carboxylic acids is 1. The normalized spacial score (nSPS) is 14.5. The van der Waals surface area contributed by atoms with Crippen LogP contribution in [0.4, 0.5) is 0 Å². The fraction of sp³-hybridized carbons (Fsp3) is 0.357. The molecule has 0 unspecified atom stereocenters. The van der Waals surface area contributed by atoms with Gasteiger partial charge in [-0.3, -0.25) is 9.59 Å². The maximum atomic E-state index is 11.7. The van der Waals surface area contributed by atoms with Crippen LogP contribution in [0.25, 0.3) is 0 Å². The minimum absolute atomic E-state index is 0.200. The fourth-order valence-electron chi connectivity index (χ4n) is 1.75. The van der Waals surface area contributed by atoms with Gasteiger partial charge in [0.15, 0.2) is 5.78 Å². The van der Waals surface area contributed by atoms with Crippen molar-refractivity contribution in [1.29, 1.82) is 0 Å². The highest BCUT2D eigenvalue weighted by Gasteiger charge is 2.21. The third-order valence-electron chi connectivity index (χ3n) is 3.07. The number of ether oxygens (including phenoxy) is 1. The van der Waals surface area contributed by atoms with Gasteiger partial charge in [-0.25, -0.2) is 4.79 Å². The number of aliphatic carboxylic acids is 1. The number of hydrogen-bond donors (Lipinski definition) is 1. The molecule has 5 heteroatoms. The largest absolute Gasteiger partial charge is 0.490 e. The molecule has 1 aliphatic carbocycles. The maximum absolute atomic E-state index is 11.7. The van der Waals surface area contributed by atoms with Crippen LogP contribution in [0.5, 0.6) is 5.75 Å². The quantitative estimate of drug-likeness (QED) is 0.480. The average Bonchev–Trinajstić information content (AvgIpc) is 2.34. The molecule has 0 aliphatic heterocycles. The molecule has 1 saturated carbocycles. The number of ketones is 2. The lowest BCUT2D eigenvalue weighted by Crippen LogP contribution is -2.24. The standard InChI is InChI=1S/C14H14O5/c15-12(8-13(16)14(17)18)9-3-1-6-11(7-9)19-10-4-2-5-10/h1,3,6-7,10H,2,4-5,8H2,(H,17,18). The summed E-state index contributed by atoms with van der Waals surface area (Å²) in [6, 6.07) is 6.50. The third kappa shape index (κ3) is 3.40. The third-order valence-corrected chi connectivity index (χ3v) is 3.07. The van der Waals surface area contributed by atoms with E-state index in [1.54, 1.807) is 24.3 Å². The molecule has 19 heavy (non-hydrogen) atoms. The first kappa shape index (κ1) is 13.3. The predicted molar refractivity (Wildman–Crippen MR) is 66.3 cm³/mol. The van der Waals surface area contributed by atoms with Gasteiger partial charge >= 0.3 is 5.97 Å². The minimum atomic E-state index is -1.59. The van der Waals surface area contributed by atoms with Crippen molar-refractivity contribution in [1.82, 2.24) is 0 Å². The van der Waals surface area contributed by atoms with Crippen LogP contribution >= 0.6 is 0 Å². The SMILES string of the molecule is O=C(O)C(=O)CC(=O)c1cccc(OC2CCC2)c1. The second kappa shape index (κ2) is 5.65. The van der Waals surface area contributed by atoms with Crippen molar-refractivity contribution < 1.29 is 24.2 Å². The van der Waals surface area contributed by atoms with Gasteiger partial charge in [0.05, 0.1) is 12.5 Å². The summed E-state index contributed by atoms with van der Waals surface area (Å²) in [4.78, 5) is 33.1. The topological polar surface area (TPSA) is 80.7 Å². The van der Waals surface area contributed by atoms with Gasteiger partial charge in [0, 0.05) is 5.56 Å². The zero-order chi connectivity index (χ0) is 13.8. The van der Waals surface area contributed by atoms with Crippen molar-refractivity contribution in [3.8, 4) is 5.75 Å². The Morgan fingerprint density at radius 1 is 1.26 bits per heavy atom. The fourth-order valence-corrected chi connectivity index (χ4v) is 1.75. The lowest BCUT2D eigenvalue weighted by atomic mass is 9.96. The van der Waals surface area contributed by atoms with Gasteiger partial charge < -0.3 is 9.84 Å². The van der Waals surface area contributed by atoms with Crippen LogP contribution in [0.15, 0.2) is 24.3 Å². The molecule has 1 aromatic rings. The van der Waals surface area contributed by atoms with E-state index in [1.807, 2.05) is 0 Å². The summed E-state index contributed by atoms with van der Waals surface area (Å²) in [6.07, 6.45) is 2.75. The number of benzene rings is 1. The molecule has 1 aliphatic rings.